The summed E-state index contributed by atoms with van der Waals surface area (Å²) in [5.41, 5.74) is 0.816. The molecule has 2 aromatic rings. The first-order valence-corrected chi connectivity index (χ1v) is 8.79. The topological polar surface area (TPSA) is 72.7 Å². The van der Waals surface area contributed by atoms with Crippen LogP contribution in [0.2, 0.25) is 15.1 Å². The lowest BCUT2D eigenvalue weighted by molar-refractivity contribution is -0.384. The monoisotopic (exact) mass is 414 g/mol. The van der Waals surface area contributed by atoms with E-state index in [1.165, 1.54) is 18.2 Å². The van der Waals surface area contributed by atoms with Crippen LogP contribution in [0.15, 0.2) is 36.4 Å². The Bertz CT molecular complexity index is 855. The maximum absolute atomic E-state index is 12.8. The molecular formula is C17H13Cl3N2O4. The van der Waals surface area contributed by atoms with Gasteiger partial charge in [-0.05, 0) is 29.8 Å². The number of ether oxygens (including phenoxy) is 1. The Hall–Kier alpha value is -1.86. The van der Waals surface area contributed by atoms with Crippen LogP contribution in [0.3, 0.4) is 0 Å². The highest BCUT2D eigenvalue weighted by Gasteiger charge is 2.28. The van der Waals surface area contributed by atoms with Gasteiger partial charge in [0.25, 0.3) is 11.6 Å². The number of morpholine rings is 1. The summed E-state index contributed by atoms with van der Waals surface area (Å²) in [6.45, 7) is 1.02. The van der Waals surface area contributed by atoms with E-state index in [9.17, 15) is 14.9 Å². The molecule has 0 bridgehead atoms. The summed E-state index contributed by atoms with van der Waals surface area (Å²) in [5.74, 6) is -0.314. The van der Waals surface area contributed by atoms with Crippen LogP contribution < -0.4 is 0 Å². The highest BCUT2D eigenvalue weighted by Crippen LogP contribution is 2.30. The summed E-state index contributed by atoms with van der Waals surface area (Å²) in [4.78, 5) is 24.6. The van der Waals surface area contributed by atoms with Gasteiger partial charge in [0.1, 0.15) is 6.10 Å². The fourth-order valence-electron chi connectivity index (χ4n) is 2.76. The second-order valence-corrected chi connectivity index (χ2v) is 7.01. The highest BCUT2D eigenvalue weighted by atomic mass is 35.5. The normalized spacial score (nSPS) is 17.2. The molecule has 1 saturated heterocycles. The molecule has 1 fully saturated rings. The van der Waals surface area contributed by atoms with E-state index in [-0.39, 0.29) is 28.3 Å². The smallest absolute Gasteiger partial charge is 0.270 e. The number of nitro benzene ring substituents is 1. The van der Waals surface area contributed by atoms with Crippen molar-refractivity contribution in [2.24, 2.45) is 0 Å². The van der Waals surface area contributed by atoms with Crippen molar-refractivity contribution in [3.05, 3.63) is 72.7 Å². The molecule has 2 aromatic carbocycles. The summed E-state index contributed by atoms with van der Waals surface area (Å²) >= 11 is 18.1. The molecule has 9 heteroatoms. The van der Waals surface area contributed by atoms with Crippen molar-refractivity contribution in [1.29, 1.82) is 0 Å². The minimum absolute atomic E-state index is 0.0399. The third-order valence-electron chi connectivity index (χ3n) is 4.00. The van der Waals surface area contributed by atoms with Crippen molar-refractivity contribution in [2.45, 2.75) is 6.10 Å². The zero-order chi connectivity index (χ0) is 18.8. The van der Waals surface area contributed by atoms with Crippen LogP contribution in [-0.4, -0.2) is 35.4 Å². The number of non-ortho nitro benzene ring substituents is 1. The molecule has 1 atom stereocenters. The molecule has 0 N–H and O–H groups in total. The third kappa shape index (κ3) is 4.10. The molecule has 0 aliphatic carbocycles. The summed E-state index contributed by atoms with van der Waals surface area (Å²) in [5, 5.41) is 11.8. The van der Waals surface area contributed by atoms with Gasteiger partial charge in [-0.1, -0.05) is 34.8 Å². The zero-order valence-corrected chi connectivity index (χ0v) is 15.6. The van der Waals surface area contributed by atoms with E-state index in [0.717, 1.165) is 5.56 Å². The largest absolute Gasteiger partial charge is 0.370 e. The second kappa shape index (κ2) is 7.80. The quantitative estimate of drug-likeness (QED) is 0.535. The summed E-state index contributed by atoms with van der Waals surface area (Å²) in [6, 6.07) is 8.89. The Kier molecular flexibility index (Phi) is 5.67. The fraction of sp³-hybridized carbons (Fsp3) is 0.235. The Morgan fingerprint density at radius 3 is 2.46 bits per heavy atom. The van der Waals surface area contributed by atoms with E-state index < -0.39 is 4.92 Å². The Labute approximate surface area is 164 Å². The Morgan fingerprint density at radius 1 is 1.15 bits per heavy atom. The average molecular weight is 416 g/mol. The number of carbonyl (C=O) groups is 1. The summed E-state index contributed by atoms with van der Waals surface area (Å²) < 4.78 is 5.74. The standard InChI is InChI=1S/C17H13Cl3N2O4/c18-11-5-10(6-12(19)7-11)16-9-21(3-4-26-16)17(23)14-2-1-13(22(24)25)8-15(14)20/h1-2,5-8,16H,3-4,9H2. The Balaban J connectivity index is 1.81. The molecule has 6 nitrogen and oxygen atoms in total. The number of nitro groups is 1. The van der Waals surface area contributed by atoms with Crippen LogP contribution in [0.4, 0.5) is 5.69 Å². The van der Waals surface area contributed by atoms with Gasteiger partial charge < -0.3 is 9.64 Å². The van der Waals surface area contributed by atoms with Gasteiger partial charge in [-0.2, -0.15) is 0 Å². The fourth-order valence-corrected chi connectivity index (χ4v) is 3.56. The molecule has 0 spiro atoms. The molecule has 0 aromatic heterocycles. The molecule has 1 unspecified atom stereocenters. The molecule has 1 heterocycles. The summed E-state index contributed by atoms with van der Waals surface area (Å²) in [6.07, 6.45) is -0.374. The van der Waals surface area contributed by atoms with Crippen LogP contribution in [0.5, 0.6) is 0 Å². The average Bonchev–Trinajstić information content (AvgIpc) is 2.60. The number of halogens is 3. The van der Waals surface area contributed by atoms with Gasteiger partial charge in [0.2, 0.25) is 0 Å². The minimum atomic E-state index is -0.562. The van der Waals surface area contributed by atoms with E-state index in [1.54, 1.807) is 23.1 Å². The van der Waals surface area contributed by atoms with E-state index in [2.05, 4.69) is 0 Å². The summed E-state index contributed by atoms with van der Waals surface area (Å²) in [7, 11) is 0. The van der Waals surface area contributed by atoms with Gasteiger partial charge in [-0.25, -0.2) is 0 Å². The minimum Gasteiger partial charge on any atom is -0.370 e. The van der Waals surface area contributed by atoms with Crippen LogP contribution in [0.1, 0.15) is 22.0 Å². The molecule has 26 heavy (non-hydrogen) atoms. The van der Waals surface area contributed by atoms with Gasteiger partial charge in [-0.3, -0.25) is 14.9 Å². The number of carbonyl (C=O) groups excluding carboxylic acids is 1. The molecule has 0 saturated carbocycles. The van der Waals surface area contributed by atoms with E-state index in [0.29, 0.717) is 29.7 Å². The third-order valence-corrected chi connectivity index (χ3v) is 4.75. The van der Waals surface area contributed by atoms with Gasteiger partial charge in [-0.15, -0.1) is 0 Å². The lowest BCUT2D eigenvalue weighted by Crippen LogP contribution is -2.42. The van der Waals surface area contributed by atoms with Gasteiger partial charge in [0.15, 0.2) is 0 Å². The number of hydrogen-bond acceptors (Lipinski definition) is 4. The zero-order valence-electron chi connectivity index (χ0n) is 13.3. The molecular weight excluding hydrogens is 403 g/mol. The van der Waals surface area contributed by atoms with E-state index >= 15 is 0 Å². The van der Waals surface area contributed by atoms with Crippen molar-refractivity contribution in [2.75, 3.05) is 19.7 Å². The van der Waals surface area contributed by atoms with Crippen molar-refractivity contribution >= 4 is 46.4 Å². The molecule has 136 valence electrons. The molecule has 1 amide bonds. The van der Waals surface area contributed by atoms with Gasteiger partial charge in [0, 0.05) is 28.7 Å². The van der Waals surface area contributed by atoms with Crippen LogP contribution in [0.25, 0.3) is 0 Å². The number of nitrogens with zero attached hydrogens (tertiary/aromatic N) is 2. The molecule has 0 radical (unpaired) electrons. The maximum atomic E-state index is 12.8. The van der Waals surface area contributed by atoms with E-state index in [1.807, 2.05) is 0 Å². The first kappa shape index (κ1) is 18.9. The van der Waals surface area contributed by atoms with E-state index in [4.69, 9.17) is 39.5 Å². The predicted octanol–water partition coefficient (Wildman–Crippen LogP) is 4.77. The number of rotatable bonds is 3. The van der Waals surface area contributed by atoms with Crippen LogP contribution >= 0.6 is 34.8 Å². The lowest BCUT2D eigenvalue weighted by atomic mass is 10.1. The van der Waals surface area contributed by atoms with Crippen molar-refractivity contribution in [3.8, 4) is 0 Å². The lowest BCUT2D eigenvalue weighted by Gasteiger charge is -2.33. The van der Waals surface area contributed by atoms with Gasteiger partial charge >= 0.3 is 0 Å². The SMILES string of the molecule is O=C(c1ccc([N+](=O)[O-])cc1Cl)N1CCOC(c2cc(Cl)cc(Cl)c2)C1. The van der Waals surface area contributed by atoms with Gasteiger partial charge in [0.05, 0.1) is 28.7 Å². The second-order valence-electron chi connectivity index (χ2n) is 5.73. The number of amides is 1. The molecule has 1 aliphatic rings. The predicted molar refractivity (Wildman–Crippen MR) is 99.2 cm³/mol. The molecule has 1 aliphatic heterocycles. The van der Waals surface area contributed by atoms with Crippen LogP contribution in [-0.2, 0) is 4.74 Å². The Morgan fingerprint density at radius 2 is 1.85 bits per heavy atom. The van der Waals surface area contributed by atoms with Crippen molar-refractivity contribution < 1.29 is 14.5 Å². The maximum Gasteiger partial charge on any atom is 0.270 e. The first-order chi connectivity index (χ1) is 12.3. The first-order valence-electron chi connectivity index (χ1n) is 7.66. The molecule has 3 rings (SSSR count). The highest BCUT2D eigenvalue weighted by molar-refractivity contribution is 6.35. The van der Waals surface area contributed by atoms with Crippen molar-refractivity contribution in [3.63, 3.8) is 0 Å². The number of hydrogen-bond donors (Lipinski definition) is 0. The van der Waals surface area contributed by atoms with Crippen molar-refractivity contribution in [1.82, 2.24) is 4.90 Å². The van der Waals surface area contributed by atoms with Crippen LogP contribution in [0, 0.1) is 10.1 Å². The number of benzene rings is 2.